The number of hydrogen-bond donors (Lipinski definition) is 2. The van der Waals surface area contributed by atoms with Crippen molar-refractivity contribution in [3.8, 4) is 0 Å². The number of aryl methyl sites for hydroxylation is 1. The fraction of sp³-hybridized carbons (Fsp3) is 0.462. The van der Waals surface area contributed by atoms with Crippen molar-refractivity contribution in [2.24, 2.45) is 0 Å². The van der Waals surface area contributed by atoms with Gasteiger partial charge in [-0.15, -0.1) is 0 Å². The van der Waals surface area contributed by atoms with Crippen LogP contribution in [0.4, 0.5) is 10.1 Å². The number of halogens is 1. The molecule has 0 heterocycles. The van der Waals surface area contributed by atoms with Crippen molar-refractivity contribution >= 4 is 23.0 Å². The quantitative estimate of drug-likeness (QED) is 0.634. The van der Waals surface area contributed by atoms with Crippen molar-refractivity contribution in [2.45, 2.75) is 13.3 Å². The first-order chi connectivity index (χ1) is 8.49. The van der Waals surface area contributed by atoms with Crippen LogP contribution in [0.1, 0.15) is 12.0 Å². The molecule has 0 aliphatic rings. The van der Waals surface area contributed by atoms with Crippen LogP contribution in [0.3, 0.4) is 0 Å². The molecular weight excluding hydrogens is 249 g/mol. The molecule has 1 rings (SSSR count). The second-order valence-electron chi connectivity index (χ2n) is 4.52. The summed E-state index contributed by atoms with van der Waals surface area (Å²) in [6.07, 6.45) is 0.991. The molecule has 1 aromatic rings. The molecule has 0 saturated heterocycles. The third kappa shape index (κ3) is 5.42. The number of hydrogen-bond acceptors (Lipinski definition) is 2. The van der Waals surface area contributed by atoms with E-state index in [2.05, 4.69) is 15.5 Å². The Morgan fingerprint density at radius 2 is 2.11 bits per heavy atom. The van der Waals surface area contributed by atoms with Crippen molar-refractivity contribution in [3.63, 3.8) is 0 Å². The summed E-state index contributed by atoms with van der Waals surface area (Å²) in [5, 5.41) is 6.39. The predicted octanol–water partition coefficient (Wildman–Crippen LogP) is 2.37. The van der Waals surface area contributed by atoms with E-state index in [4.69, 9.17) is 12.2 Å². The standard InChI is InChI=1S/C13H20FN3S/c1-10-5-6-11(14)12(9-10)16-13(18)15-7-4-8-17(2)3/h5-6,9H,4,7-8H2,1-3H3,(H2,15,16,18). The van der Waals surface area contributed by atoms with Crippen LogP contribution in [0.2, 0.25) is 0 Å². The highest BCUT2D eigenvalue weighted by Crippen LogP contribution is 2.15. The van der Waals surface area contributed by atoms with Crippen LogP contribution in [0.25, 0.3) is 0 Å². The Morgan fingerprint density at radius 1 is 1.39 bits per heavy atom. The highest BCUT2D eigenvalue weighted by atomic mass is 32.1. The van der Waals surface area contributed by atoms with E-state index in [1.54, 1.807) is 12.1 Å². The van der Waals surface area contributed by atoms with Gasteiger partial charge in [0.25, 0.3) is 0 Å². The fourth-order valence-electron chi connectivity index (χ4n) is 1.50. The molecule has 0 bridgehead atoms. The van der Waals surface area contributed by atoms with Gasteiger partial charge >= 0.3 is 0 Å². The zero-order chi connectivity index (χ0) is 13.5. The molecule has 1 aromatic carbocycles. The van der Waals surface area contributed by atoms with Crippen molar-refractivity contribution < 1.29 is 4.39 Å². The first-order valence-corrected chi connectivity index (χ1v) is 6.35. The van der Waals surface area contributed by atoms with E-state index in [-0.39, 0.29) is 5.82 Å². The molecule has 100 valence electrons. The monoisotopic (exact) mass is 269 g/mol. The minimum atomic E-state index is -0.293. The molecule has 0 aromatic heterocycles. The van der Waals surface area contributed by atoms with Crippen LogP contribution in [-0.2, 0) is 0 Å². The van der Waals surface area contributed by atoms with Gasteiger partial charge in [-0.05, 0) is 63.9 Å². The van der Waals surface area contributed by atoms with Gasteiger partial charge in [0, 0.05) is 6.54 Å². The molecule has 0 unspecified atom stereocenters. The first-order valence-electron chi connectivity index (χ1n) is 5.95. The highest BCUT2D eigenvalue weighted by molar-refractivity contribution is 7.80. The summed E-state index contributed by atoms with van der Waals surface area (Å²) in [5.74, 6) is -0.293. The molecule has 0 amide bonds. The molecule has 3 nitrogen and oxygen atoms in total. The lowest BCUT2D eigenvalue weighted by atomic mass is 10.2. The Labute approximate surface area is 113 Å². The van der Waals surface area contributed by atoms with E-state index >= 15 is 0 Å². The molecule has 0 fully saturated rings. The lowest BCUT2D eigenvalue weighted by Gasteiger charge is -2.13. The third-order valence-electron chi connectivity index (χ3n) is 2.44. The minimum absolute atomic E-state index is 0.293. The molecule has 5 heteroatoms. The topological polar surface area (TPSA) is 27.3 Å². The summed E-state index contributed by atoms with van der Waals surface area (Å²) in [7, 11) is 4.05. The first kappa shape index (κ1) is 14.9. The maximum Gasteiger partial charge on any atom is 0.170 e. The van der Waals surface area contributed by atoms with Gasteiger partial charge in [-0.25, -0.2) is 4.39 Å². The van der Waals surface area contributed by atoms with Gasteiger partial charge in [-0.3, -0.25) is 0 Å². The zero-order valence-corrected chi connectivity index (χ0v) is 11.9. The largest absolute Gasteiger partial charge is 0.362 e. The van der Waals surface area contributed by atoms with Gasteiger partial charge in [-0.2, -0.15) is 0 Å². The van der Waals surface area contributed by atoms with Crippen LogP contribution >= 0.6 is 12.2 Å². The number of rotatable bonds is 5. The summed E-state index contributed by atoms with van der Waals surface area (Å²) in [5.41, 5.74) is 1.41. The van der Waals surface area contributed by atoms with Gasteiger partial charge in [0.1, 0.15) is 5.82 Å². The molecular formula is C13H20FN3S. The molecule has 0 saturated carbocycles. The minimum Gasteiger partial charge on any atom is -0.362 e. The summed E-state index contributed by atoms with van der Waals surface area (Å²) < 4.78 is 13.5. The van der Waals surface area contributed by atoms with E-state index in [0.29, 0.717) is 10.8 Å². The van der Waals surface area contributed by atoms with Crippen molar-refractivity contribution in [3.05, 3.63) is 29.6 Å². The molecule has 0 atom stereocenters. The maximum absolute atomic E-state index is 13.5. The average Bonchev–Trinajstić information content (AvgIpc) is 2.29. The molecule has 2 N–H and O–H groups in total. The second kappa shape index (κ2) is 7.28. The van der Waals surface area contributed by atoms with E-state index < -0.39 is 0 Å². The third-order valence-corrected chi connectivity index (χ3v) is 2.68. The predicted molar refractivity (Wildman–Crippen MR) is 78.5 cm³/mol. The van der Waals surface area contributed by atoms with Crippen molar-refractivity contribution in [1.82, 2.24) is 10.2 Å². The molecule has 18 heavy (non-hydrogen) atoms. The zero-order valence-electron chi connectivity index (χ0n) is 11.1. The molecule has 0 aliphatic carbocycles. The Balaban J connectivity index is 2.38. The fourth-order valence-corrected chi connectivity index (χ4v) is 1.71. The average molecular weight is 269 g/mol. The molecule has 0 spiro atoms. The normalized spacial score (nSPS) is 10.5. The van der Waals surface area contributed by atoms with Crippen LogP contribution in [0.15, 0.2) is 18.2 Å². The number of thiocarbonyl (C=S) groups is 1. The van der Waals surface area contributed by atoms with Gasteiger partial charge in [0.15, 0.2) is 5.11 Å². The lowest BCUT2D eigenvalue weighted by Crippen LogP contribution is -2.31. The number of nitrogens with one attached hydrogen (secondary N) is 2. The highest BCUT2D eigenvalue weighted by Gasteiger charge is 2.03. The lowest BCUT2D eigenvalue weighted by molar-refractivity contribution is 0.400. The van der Waals surface area contributed by atoms with Crippen molar-refractivity contribution in [1.29, 1.82) is 0 Å². The Hall–Kier alpha value is -1.20. The molecule has 0 radical (unpaired) electrons. The Morgan fingerprint density at radius 3 is 2.78 bits per heavy atom. The number of nitrogens with zero attached hydrogens (tertiary/aromatic N) is 1. The van der Waals surface area contributed by atoms with E-state index in [9.17, 15) is 4.39 Å². The van der Waals surface area contributed by atoms with Crippen molar-refractivity contribution in [2.75, 3.05) is 32.5 Å². The van der Waals surface area contributed by atoms with Gasteiger partial charge in [0.05, 0.1) is 5.69 Å². The Bertz CT molecular complexity index is 407. The van der Waals surface area contributed by atoms with E-state index in [1.165, 1.54) is 6.07 Å². The van der Waals surface area contributed by atoms with Gasteiger partial charge in [0.2, 0.25) is 0 Å². The maximum atomic E-state index is 13.5. The smallest absolute Gasteiger partial charge is 0.170 e. The number of benzene rings is 1. The number of anilines is 1. The van der Waals surface area contributed by atoms with Crippen LogP contribution in [0.5, 0.6) is 0 Å². The summed E-state index contributed by atoms with van der Waals surface area (Å²) >= 11 is 5.12. The summed E-state index contributed by atoms with van der Waals surface area (Å²) in [4.78, 5) is 2.11. The van der Waals surface area contributed by atoms with E-state index in [0.717, 1.165) is 25.1 Å². The van der Waals surface area contributed by atoms with Crippen LogP contribution in [0, 0.1) is 12.7 Å². The molecule has 0 aliphatic heterocycles. The van der Waals surface area contributed by atoms with Crippen LogP contribution < -0.4 is 10.6 Å². The van der Waals surface area contributed by atoms with Crippen LogP contribution in [-0.4, -0.2) is 37.2 Å². The van der Waals surface area contributed by atoms with Gasteiger partial charge < -0.3 is 15.5 Å². The Kier molecular flexibility index (Phi) is 6.01. The second-order valence-corrected chi connectivity index (χ2v) is 4.93. The van der Waals surface area contributed by atoms with E-state index in [1.807, 2.05) is 21.0 Å². The summed E-state index contributed by atoms with van der Waals surface area (Å²) in [6, 6.07) is 4.91. The SMILES string of the molecule is Cc1ccc(F)c(NC(=S)NCCCN(C)C)c1. The summed E-state index contributed by atoms with van der Waals surface area (Å²) in [6.45, 7) is 3.68. The van der Waals surface area contributed by atoms with Gasteiger partial charge in [-0.1, -0.05) is 6.07 Å².